The number of nitro benzene ring substituents is 1. The van der Waals surface area contributed by atoms with E-state index in [1.807, 2.05) is 11.8 Å². The van der Waals surface area contributed by atoms with Gasteiger partial charge in [-0.15, -0.1) is 0 Å². The summed E-state index contributed by atoms with van der Waals surface area (Å²) in [5.74, 6) is -1.23. The van der Waals surface area contributed by atoms with Gasteiger partial charge in [-0.05, 0) is 32.3 Å². The van der Waals surface area contributed by atoms with E-state index in [1.165, 1.54) is 6.07 Å². The summed E-state index contributed by atoms with van der Waals surface area (Å²) in [6, 6.07) is 2.49. The summed E-state index contributed by atoms with van der Waals surface area (Å²) in [4.78, 5) is 23.5. The number of carboxylic acids is 1. The number of rotatable bonds is 3. The molecule has 1 aliphatic heterocycles. The van der Waals surface area contributed by atoms with Gasteiger partial charge in [0.25, 0.3) is 5.69 Å². The summed E-state index contributed by atoms with van der Waals surface area (Å²) in [7, 11) is 0. The van der Waals surface area contributed by atoms with Crippen molar-refractivity contribution >= 4 is 28.9 Å². The van der Waals surface area contributed by atoms with Crippen molar-refractivity contribution in [3.05, 3.63) is 32.8 Å². The molecule has 1 heterocycles. The Morgan fingerprint density at radius 2 is 2.20 bits per heavy atom. The van der Waals surface area contributed by atoms with Crippen LogP contribution in [0.1, 0.15) is 36.5 Å². The van der Waals surface area contributed by atoms with Gasteiger partial charge >= 0.3 is 5.97 Å². The zero-order chi connectivity index (χ0) is 14.9. The minimum absolute atomic E-state index is 0.116. The lowest BCUT2D eigenvalue weighted by atomic mass is 10.0. The lowest BCUT2D eigenvalue weighted by Crippen LogP contribution is -2.38. The fraction of sp³-hybridized carbons (Fsp3) is 0.462. The van der Waals surface area contributed by atoms with Gasteiger partial charge in [-0.1, -0.05) is 11.6 Å². The summed E-state index contributed by atoms with van der Waals surface area (Å²) >= 11 is 6.11. The first-order valence-electron chi connectivity index (χ1n) is 6.39. The average molecular weight is 299 g/mol. The van der Waals surface area contributed by atoms with Crippen LogP contribution in [0.25, 0.3) is 0 Å². The molecule has 0 unspecified atom stereocenters. The quantitative estimate of drug-likeness (QED) is 0.683. The van der Waals surface area contributed by atoms with E-state index in [0.29, 0.717) is 12.2 Å². The maximum atomic E-state index is 11.2. The molecule has 1 aromatic carbocycles. The predicted octanol–water partition coefficient (Wildman–Crippen LogP) is 3.33. The van der Waals surface area contributed by atoms with E-state index >= 15 is 0 Å². The third-order valence-corrected chi connectivity index (χ3v) is 3.87. The maximum Gasteiger partial charge on any atom is 0.335 e. The van der Waals surface area contributed by atoms with Crippen molar-refractivity contribution in [1.29, 1.82) is 0 Å². The van der Waals surface area contributed by atoms with Gasteiger partial charge < -0.3 is 10.0 Å². The number of hydrogen-bond donors (Lipinski definition) is 1. The number of carboxylic acid groups (broad SMARTS) is 1. The van der Waals surface area contributed by atoms with Gasteiger partial charge in [-0.25, -0.2) is 4.79 Å². The molecule has 1 aliphatic rings. The van der Waals surface area contributed by atoms with Crippen LogP contribution in [0.4, 0.5) is 11.4 Å². The van der Waals surface area contributed by atoms with Gasteiger partial charge in [0, 0.05) is 18.7 Å². The maximum absolute atomic E-state index is 11.2. The Labute approximate surface area is 121 Å². The lowest BCUT2D eigenvalue weighted by Gasteiger charge is -2.35. The van der Waals surface area contributed by atoms with Crippen LogP contribution < -0.4 is 4.90 Å². The van der Waals surface area contributed by atoms with Gasteiger partial charge in [0.1, 0.15) is 5.69 Å². The molecule has 0 saturated carbocycles. The minimum atomic E-state index is -1.23. The highest BCUT2D eigenvalue weighted by atomic mass is 35.5. The monoisotopic (exact) mass is 298 g/mol. The first-order valence-corrected chi connectivity index (χ1v) is 6.77. The molecule has 7 heteroatoms. The number of anilines is 1. The molecule has 20 heavy (non-hydrogen) atoms. The summed E-state index contributed by atoms with van der Waals surface area (Å²) in [5, 5.41) is 20.3. The molecule has 1 saturated heterocycles. The molecule has 0 bridgehead atoms. The normalized spacial score (nSPS) is 18.9. The van der Waals surface area contributed by atoms with E-state index in [4.69, 9.17) is 16.7 Å². The standard InChI is InChI=1S/C13H15ClN2O4/c1-8-4-2-3-5-15(8)12-10(14)6-9(13(17)18)7-11(12)16(19)20/h6-8H,2-5H2,1H3,(H,17,18)/t8-/m0/s1. The summed E-state index contributed by atoms with van der Waals surface area (Å²) in [5.41, 5.74) is -0.0902. The Hall–Kier alpha value is -1.82. The number of carbonyl (C=O) groups is 1. The van der Waals surface area contributed by atoms with Crippen LogP contribution in [0.2, 0.25) is 5.02 Å². The first kappa shape index (κ1) is 14.6. The summed E-state index contributed by atoms with van der Waals surface area (Å²) in [6.45, 7) is 2.68. The molecule has 6 nitrogen and oxygen atoms in total. The second kappa shape index (κ2) is 5.66. The van der Waals surface area contributed by atoms with E-state index < -0.39 is 10.9 Å². The van der Waals surface area contributed by atoms with Crippen LogP contribution in [-0.2, 0) is 0 Å². The van der Waals surface area contributed by atoms with Gasteiger partial charge in [0.05, 0.1) is 15.5 Å². The lowest BCUT2D eigenvalue weighted by molar-refractivity contribution is -0.384. The van der Waals surface area contributed by atoms with Crippen molar-refractivity contribution in [1.82, 2.24) is 0 Å². The van der Waals surface area contributed by atoms with E-state index in [0.717, 1.165) is 25.3 Å². The molecule has 1 fully saturated rings. The molecule has 108 valence electrons. The van der Waals surface area contributed by atoms with E-state index in [1.54, 1.807) is 0 Å². The molecule has 0 radical (unpaired) electrons. The highest BCUT2D eigenvalue weighted by Gasteiger charge is 2.29. The smallest absolute Gasteiger partial charge is 0.335 e. The highest BCUT2D eigenvalue weighted by Crippen LogP contribution is 2.39. The minimum Gasteiger partial charge on any atom is -0.478 e. The van der Waals surface area contributed by atoms with E-state index in [9.17, 15) is 14.9 Å². The highest BCUT2D eigenvalue weighted by molar-refractivity contribution is 6.34. The number of benzene rings is 1. The SMILES string of the molecule is C[C@H]1CCCCN1c1c(Cl)cc(C(=O)O)cc1[N+](=O)[O-]. The molecule has 0 spiro atoms. The van der Waals surface area contributed by atoms with Crippen LogP contribution in [-0.4, -0.2) is 28.6 Å². The second-order valence-electron chi connectivity index (χ2n) is 4.93. The Kier molecular flexibility index (Phi) is 4.13. The topological polar surface area (TPSA) is 83.7 Å². The first-order chi connectivity index (χ1) is 9.41. The Morgan fingerprint density at radius 1 is 1.50 bits per heavy atom. The third-order valence-electron chi connectivity index (χ3n) is 3.58. The Balaban J connectivity index is 2.56. The molecular weight excluding hydrogens is 284 g/mol. The molecule has 0 amide bonds. The zero-order valence-corrected chi connectivity index (χ0v) is 11.8. The van der Waals surface area contributed by atoms with Crippen molar-refractivity contribution in [3.63, 3.8) is 0 Å². The molecule has 0 aliphatic carbocycles. The van der Waals surface area contributed by atoms with Crippen molar-refractivity contribution in [2.45, 2.75) is 32.2 Å². The number of halogens is 1. The zero-order valence-electron chi connectivity index (χ0n) is 11.0. The molecule has 1 aromatic rings. The van der Waals surface area contributed by atoms with Gasteiger partial charge in [0.15, 0.2) is 0 Å². The number of nitro groups is 1. The fourth-order valence-electron chi connectivity index (χ4n) is 2.56. The average Bonchev–Trinajstić information content (AvgIpc) is 2.38. The van der Waals surface area contributed by atoms with Crippen LogP contribution in [0.5, 0.6) is 0 Å². The number of piperidine rings is 1. The Bertz CT molecular complexity index is 562. The fourth-order valence-corrected chi connectivity index (χ4v) is 2.88. The van der Waals surface area contributed by atoms with Crippen LogP contribution in [0.3, 0.4) is 0 Å². The number of nitrogens with zero attached hydrogens (tertiary/aromatic N) is 2. The third kappa shape index (κ3) is 2.70. The van der Waals surface area contributed by atoms with Crippen LogP contribution >= 0.6 is 11.6 Å². The van der Waals surface area contributed by atoms with Crippen molar-refractivity contribution < 1.29 is 14.8 Å². The van der Waals surface area contributed by atoms with Gasteiger partial charge in [-0.2, -0.15) is 0 Å². The number of hydrogen-bond acceptors (Lipinski definition) is 4. The van der Waals surface area contributed by atoms with Crippen molar-refractivity contribution in [3.8, 4) is 0 Å². The van der Waals surface area contributed by atoms with Crippen molar-refractivity contribution in [2.24, 2.45) is 0 Å². The second-order valence-corrected chi connectivity index (χ2v) is 5.33. The largest absolute Gasteiger partial charge is 0.478 e. The number of aromatic carboxylic acids is 1. The van der Waals surface area contributed by atoms with E-state index in [2.05, 4.69) is 0 Å². The van der Waals surface area contributed by atoms with Gasteiger partial charge in [0.2, 0.25) is 0 Å². The molecule has 1 atom stereocenters. The molecule has 1 N–H and O–H groups in total. The molecule has 2 rings (SSSR count). The Morgan fingerprint density at radius 3 is 2.75 bits per heavy atom. The summed E-state index contributed by atoms with van der Waals surface area (Å²) in [6.07, 6.45) is 2.96. The van der Waals surface area contributed by atoms with E-state index in [-0.39, 0.29) is 22.3 Å². The molecule has 0 aromatic heterocycles. The summed E-state index contributed by atoms with van der Waals surface area (Å²) < 4.78 is 0. The van der Waals surface area contributed by atoms with Crippen LogP contribution in [0, 0.1) is 10.1 Å². The molecular formula is C13H15ClN2O4. The van der Waals surface area contributed by atoms with Crippen LogP contribution in [0.15, 0.2) is 12.1 Å². The predicted molar refractivity (Wildman–Crippen MR) is 75.7 cm³/mol. The van der Waals surface area contributed by atoms with Gasteiger partial charge in [-0.3, -0.25) is 10.1 Å². The van der Waals surface area contributed by atoms with Crippen molar-refractivity contribution in [2.75, 3.05) is 11.4 Å².